The van der Waals surface area contributed by atoms with E-state index in [2.05, 4.69) is 22.3 Å². The maximum atomic E-state index is 13.9. The molecule has 8 heteroatoms. The molecule has 0 unspecified atom stereocenters. The molecule has 0 atom stereocenters. The lowest BCUT2D eigenvalue weighted by Crippen LogP contribution is -2.38. The van der Waals surface area contributed by atoms with Gasteiger partial charge in [0.05, 0.1) is 13.2 Å². The van der Waals surface area contributed by atoms with Gasteiger partial charge in [-0.15, -0.1) is 24.0 Å². The molecule has 0 spiro atoms. The van der Waals surface area contributed by atoms with Crippen LogP contribution in [0.2, 0.25) is 0 Å². The van der Waals surface area contributed by atoms with E-state index in [4.69, 9.17) is 19.2 Å². The van der Waals surface area contributed by atoms with Gasteiger partial charge in [0, 0.05) is 32.2 Å². The molecule has 0 radical (unpaired) electrons. The van der Waals surface area contributed by atoms with Crippen LogP contribution >= 0.6 is 24.0 Å². The second-order valence-electron chi connectivity index (χ2n) is 7.08. The molecule has 1 N–H and O–H groups in total. The lowest BCUT2D eigenvalue weighted by atomic mass is 10.1. The van der Waals surface area contributed by atoms with Gasteiger partial charge < -0.3 is 24.4 Å². The van der Waals surface area contributed by atoms with E-state index < -0.39 is 0 Å². The summed E-state index contributed by atoms with van der Waals surface area (Å²) in [5.41, 5.74) is 2.74. The predicted octanol–water partition coefficient (Wildman–Crippen LogP) is 4.35. The van der Waals surface area contributed by atoms with Gasteiger partial charge in [0.1, 0.15) is 17.3 Å². The number of halogens is 2. The highest BCUT2D eigenvalue weighted by molar-refractivity contribution is 14.0. The normalized spacial score (nSPS) is 13.0. The van der Waals surface area contributed by atoms with Crippen LogP contribution in [0.15, 0.2) is 41.4 Å². The highest BCUT2D eigenvalue weighted by Crippen LogP contribution is 2.29. The first-order valence-corrected chi connectivity index (χ1v) is 10.3. The number of benzene rings is 2. The number of fused-ring (bicyclic) bond motifs is 1. The van der Waals surface area contributed by atoms with Gasteiger partial charge in [0.25, 0.3) is 0 Å². The summed E-state index contributed by atoms with van der Waals surface area (Å²) in [6.45, 7) is 7.24. The molecule has 0 bridgehead atoms. The topological polar surface area (TPSA) is 55.3 Å². The van der Waals surface area contributed by atoms with Gasteiger partial charge >= 0.3 is 0 Å². The Balaban J connectivity index is 0.00000341. The lowest BCUT2D eigenvalue weighted by molar-refractivity contribution is -0.0172. The van der Waals surface area contributed by atoms with E-state index in [9.17, 15) is 4.39 Å². The Labute approximate surface area is 200 Å². The molecule has 31 heavy (non-hydrogen) atoms. The van der Waals surface area contributed by atoms with Gasteiger partial charge in [-0.1, -0.05) is 12.1 Å². The summed E-state index contributed by atoms with van der Waals surface area (Å²) in [4.78, 5) is 6.80. The molecule has 170 valence electrons. The first kappa shape index (κ1) is 25.2. The van der Waals surface area contributed by atoms with Crippen LogP contribution in [0, 0.1) is 5.82 Å². The molecular formula is C23H31FIN3O3. The largest absolute Gasteiger partial charge is 0.494 e. The maximum Gasteiger partial charge on any atom is 0.193 e. The highest BCUT2D eigenvalue weighted by atomic mass is 127. The Kier molecular flexibility index (Phi) is 10.3. The van der Waals surface area contributed by atoms with Crippen LogP contribution in [-0.4, -0.2) is 44.4 Å². The van der Waals surface area contributed by atoms with E-state index in [0.29, 0.717) is 32.7 Å². The van der Waals surface area contributed by atoms with Gasteiger partial charge in [0.15, 0.2) is 12.8 Å². The van der Waals surface area contributed by atoms with Crippen molar-refractivity contribution in [2.75, 3.05) is 33.5 Å². The number of guanidine groups is 1. The Morgan fingerprint density at radius 3 is 2.71 bits per heavy atom. The summed E-state index contributed by atoms with van der Waals surface area (Å²) >= 11 is 0. The van der Waals surface area contributed by atoms with Crippen molar-refractivity contribution in [3.05, 3.63) is 58.9 Å². The van der Waals surface area contributed by atoms with Crippen LogP contribution in [0.3, 0.4) is 0 Å². The summed E-state index contributed by atoms with van der Waals surface area (Å²) < 4.78 is 30.3. The molecule has 2 aromatic rings. The molecule has 0 saturated carbocycles. The van der Waals surface area contributed by atoms with E-state index in [1.807, 2.05) is 33.0 Å². The lowest BCUT2D eigenvalue weighted by Gasteiger charge is -2.23. The fourth-order valence-corrected chi connectivity index (χ4v) is 3.40. The van der Waals surface area contributed by atoms with Crippen molar-refractivity contribution in [1.82, 2.24) is 10.2 Å². The zero-order valence-electron chi connectivity index (χ0n) is 18.3. The molecule has 0 aliphatic carbocycles. The summed E-state index contributed by atoms with van der Waals surface area (Å²) in [7, 11) is 2.00. The summed E-state index contributed by atoms with van der Waals surface area (Å²) in [5.74, 6) is 2.13. The van der Waals surface area contributed by atoms with Crippen molar-refractivity contribution in [3.8, 4) is 11.5 Å². The minimum atomic E-state index is -0.277. The minimum absolute atomic E-state index is 0. The third-order valence-electron chi connectivity index (χ3n) is 4.74. The van der Waals surface area contributed by atoms with Gasteiger partial charge in [-0.25, -0.2) is 4.39 Å². The fourth-order valence-electron chi connectivity index (χ4n) is 3.40. The summed E-state index contributed by atoms with van der Waals surface area (Å²) in [6.07, 6.45) is 0.589. The quantitative estimate of drug-likeness (QED) is 0.305. The average molecular weight is 543 g/mol. The third kappa shape index (κ3) is 7.24. The average Bonchev–Trinajstić information content (AvgIpc) is 2.74. The smallest absolute Gasteiger partial charge is 0.193 e. The molecule has 6 nitrogen and oxygen atoms in total. The molecule has 1 heterocycles. The van der Waals surface area contributed by atoms with Crippen LogP contribution in [-0.2, 0) is 24.3 Å². The monoisotopic (exact) mass is 543 g/mol. The predicted molar refractivity (Wildman–Crippen MR) is 131 cm³/mol. The van der Waals surface area contributed by atoms with E-state index >= 15 is 0 Å². The summed E-state index contributed by atoms with van der Waals surface area (Å²) in [5, 5.41) is 3.32. The highest BCUT2D eigenvalue weighted by Gasteiger charge is 2.17. The van der Waals surface area contributed by atoms with Crippen LogP contribution in [0.5, 0.6) is 11.5 Å². The standard InChI is InChI=1S/C23H30FN3O3.HI/c1-4-25-23(27(3)14-17-6-8-21(9-7-17)29-5-2)26-11-10-18-12-20(24)13-19-15-28-16-30-22(18)19;/h6-9,12-13H,4-5,10-11,14-16H2,1-3H3,(H,25,26);1H. The molecular weight excluding hydrogens is 512 g/mol. The zero-order chi connectivity index (χ0) is 21.3. The number of nitrogens with zero attached hydrogens (tertiary/aromatic N) is 2. The number of nitrogens with one attached hydrogen (secondary N) is 1. The Morgan fingerprint density at radius 1 is 1.23 bits per heavy atom. The van der Waals surface area contributed by atoms with Crippen LogP contribution < -0.4 is 14.8 Å². The second kappa shape index (κ2) is 12.7. The molecule has 0 fully saturated rings. The molecule has 1 aliphatic rings. The van der Waals surface area contributed by atoms with E-state index in [1.54, 1.807) is 0 Å². The zero-order valence-corrected chi connectivity index (χ0v) is 20.6. The Bertz CT molecular complexity index is 862. The molecule has 0 saturated heterocycles. The molecule has 3 rings (SSSR count). The van der Waals surface area contributed by atoms with Gasteiger partial charge in [-0.05, 0) is 55.7 Å². The fraction of sp³-hybridized carbons (Fsp3) is 0.435. The second-order valence-corrected chi connectivity index (χ2v) is 7.08. The number of aliphatic imine (C=N–C) groups is 1. The van der Waals surface area contributed by atoms with Crippen LogP contribution in [0.1, 0.15) is 30.5 Å². The van der Waals surface area contributed by atoms with Gasteiger partial charge in [0.2, 0.25) is 0 Å². The van der Waals surface area contributed by atoms with Gasteiger partial charge in [-0.2, -0.15) is 0 Å². The first-order chi connectivity index (χ1) is 14.6. The van der Waals surface area contributed by atoms with E-state index in [-0.39, 0.29) is 36.6 Å². The van der Waals surface area contributed by atoms with Gasteiger partial charge in [-0.3, -0.25) is 4.99 Å². The summed E-state index contributed by atoms with van der Waals surface area (Å²) in [6, 6.07) is 11.1. The van der Waals surface area contributed by atoms with Crippen molar-refractivity contribution in [1.29, 1.82) is 0 Å². The van der Waals surface area contributed by atoms with E-state index in [1.165, 1.54) is 17.7 Å². The molecule has 0 aromatic heterocycles. The van der Waals surface area contributed by atoms with Crippen LogP contribution in [0.25, 0.3) is 0 Å². The number of rotatable bonds is 8. The third-order valence-corrected chi connectivity index (χ3v) is 4.74. The Hall–Kier alpha value is -2.07. The molecule has 1 aliphatic heterocycles. The van der Waals surface area contributed by atoms with Crippen molar-refractivity contribution in [3.63, 3.8) is 0 Å². The molecule has 2 aromatic carbocycles. The van der Waals surface area contributed by atoms with Crippen molar-refractivity contribution < 1.29 is 18.6 Å². The number of hydrogen-bond donors (Lipinski definition) is 1. The van der Waals surface area contributed by atoms with Crippen molar-refractivity contribution >= 4 is 29.9 Å². The molecule has 0 amide bonds. The number of hydrogen-bond acceptors (Lipinski definition) is 4. The van der Waals surface area contributed by atoms with Crippen molar-refractivity contribution in [2.24, 2.45) is 4.99 Å². The van der Waals surface area contributed by atoms with Crippen LogP contribution in [0.4, 0.5) is 4.39 Å². The van der Waals surface area contributed by atoms with E-state index in [0.717, 1.165) is 35.1 Å². The Morgan fingerprint density at radius 2 is 2.00 bits per heavy atom. The SMILES string of the molecule is CCNC(=NCCc1cc(F)cc2c1OCOC2)N(C)Cc1ccc(OCC)cc1.I. The maximum absolute atomic E-state index is 13.9. The first-order valence-electron chi connectivity index (χ1n) is 10.3. The van der Waals surface area contributed by atoms with Crippen molar-refractivity contribution in [2.45, 2.75) is 33.4 Å². The minimum Gasteiger partial charge on any atom is -0.494 e. The number of ether oxygens (including phenoxy) is 3.